The van der Waals surface area contributed by atoms with Crippen molar-refractivity contribution >= 4 is 29.1 Å². The van der Waals surface area contributed by atoms with Gasteiger partial charge in [0.2, 0.25) is 5.91 Å². The first kappa shape index (κ1) is 24.6. The number of piperazine rings is 1. The number of carbonyl (C=O) groups excluding carboxylic acids is 2. The van der Waals surface area contributed by atoms with Crippen molar-refractivity contribution in [3.05, 3.63) is 87.9 Å². The Labute approximate surface area is 227 Å². The van der Waals surface area contributed by atoms with Gasteiger partial charge < -0.3 is 24.2 Å². The molecule has 7 nitrogen and oxygen atoms in total. The minimum absolute atomic E-state index is 0.0309. The molecular weight excluding hydrogens is 502 g/mol. The Morgan fingerprint density at radius 2 is 1.61 bits per heavy atom. The number of benzene rings is 3. The smallest absolute Gasteiger partial charge is 0.254 e. The van der Waals surface area contributed by atoms with E-state index < -0.39 is 5.92 Å². The highest BCUT2D eigenvalue weighted by Crippen LogP contribution is 2.49. The molecule has 3 aliphatic rings. The first-order valence-corrected chi connectivity index (χ1v) is 13.3. The van der Waals surface area contributed by atoms with Crippen LogP contribution >= 0.6 is 11.6 Å². The molecule has 2 atom stereocenters. The molecule has 0 saturated carbocycles. The maximum absolute atomic E-state index is 14.4. The number of amides is 2. The molecule has 3 aromatic carbocycles. The zero-order chi connectivity index (χ0) is 26.4. The summed E-state index contributed by atoms with van der Waals surface area (Å²) in [4.78, 5) is 34.3. The predicted molar refractivity (Wildman–Crippen MR) is 146 cm³/mol. The molecule has 0 aliphatic carbocycles. The highest BCUT2D eigenvalue weighted by Gasteiger charge is 2.48. The van der Waals surface area contributed by atoms with Gasteiger partial charge in [-0.15, -0.1) is 0 Å². The number of rotatable bonds is 4. The maximum Gasteiger partial charge on any atom is 0.254 e. The van der Waals surface area contributed by atoms with Gasteiger partial charge in [0, 0.05) is 49.0 Å². The number of carbonyl (C=O) groups is 2. The highest BCUT2D eigenvalue weighted by molar-refractivity contribution is 6.30. The van der Waals surface area contributed by atoms with Crippen LogP contribution in [0.4, 0.5) is 5.69 Å². The molecule has 6 rings (SSSR count). The van der Waals surface area contributed by atoms with Crippen LogP contribution in [0.5, 0.6) is 11.5 Å². The summed E-state index contributed by atoms with van der Waals surface area (Å²) in [5, 5.41) is 0.699. The van der Waals surface area contributed by atoms with Gasteiger partial charge in [-0.1, -0.05) is 41.9 Å². The van der Waals surface area contributed by atoms with E-state index in [9.17, 15) is 9.59 Å². The highest BCUT2D eigenvalue weighted by atomic mass is 35.5. The van der Waals surface area contributed by atoms with Crippen LogP contribution in [0.15, 0.2) is 60.7 Å². The second-order valence-corrected chi connectivity index (χ2v) is 10.4. The first-order valence-electron chi connectivity index (χ1n) is 12.9. The van der Waals surface area contributed by atoms with Gasteiger partial charge in [-0.3, -0.25) is 9.59 Å². The van der Waals surface area contributed by atoms with Gasteiger partial charge in [-0.25, -0.2) is 0 Å². The molecule has 0 aromatic heterocycles. The number of halogens is 1. The fourth-order valence-electron chi connectivity index (χ4n) is 6.17. The van der Waals surface area contributed by atoms with Crippen LogP contribution in [0.1, 0.15) is 39.0 Å². The SMILES string of the molecule is COc1cc2c(cc1OC)[C@H](C(=O)N1CCN(c3cccc(Cl)c3)CC1)[C@@H]1c3ccccc3CCN1C2=O. The maximum atomic E-state index is 14.4. The molecule has 0 radical (unpaired) electrons. The summed E-state index contributed by atoms with van der Waals surface area (Å²) in [5.41, 5.74) is 4.50. The molecule has 0 unspecified atom stereocenters. The normalized spacial score (nSPS) is 20.4. The van der Waals surface area contributed by atoms with Crippen molar-refractivity contribution in [3.63, 3.8) is 0 Å². The van der Waals surface area contributed by atoms with E-state index in [1.165, 1.54) is 5.56 Å². The molecule has 0 spiro atoms. The summed E-state index contributed by atoms with van der Waals surface area (Å²) >= 11 is 6.21. The number of methoxy groups -OCH3 is 2. The van der Waals surface area contributed by atoms with Gasteiger partial charge in [0.1, 0.15) is 0 Å². The Kier molecular flexibility index (Phi) is 6.40. The Hall–Kier alpha value is -3.71. The van der Waals surface area contributed by atoms with Crippen molar-refractivity contribution in [1.29, 1.82) is 0 Å². The fourth-order valence-corrected chi connectivity index (χ4v) is 6.35. The van der Waals surface area contributed by atoms with E-state index in [-0.39, 0.29) is 17.9 Å². The quantitative estimate of drug-likeness (QED) is 0.494. The van der Waals surface area contributed by atoms with Gasteiger partial charge in [0.25, 0.3) is 5.91 Å². The van der Waals surface area contributed by atoms with E-state index in [1.54, 1.807) is 20.3 Å². The third-order valence-electron chi connectivity index (χ3n) is 8.06. The summed E-state index contributed by atoms with van der Waals surface area (Å²) in [5.74, 6) is 0.414. The molecule has 0 N–H and O–H groups in total. The molecule has 1 saturated heterocycles. The standard InChI is InChI=1S/C30H30ClN3O4/c1-37-25-17-23-24(18-26(25)38-2)29(35)34-11-10-19-6-3-4-9-22(19)28(34)27(23)30(36)33-14-12-32(13-15-33)21-8-5-7-20(31)16-21/h3-9,16-18,27-28H,10-15H2,1-2H3/t27-,28-/m0/s1. The zero-order valence-corrected chi connectivity index (χ0v) is 22.3. The van der Waals surface area contributed by atoms with Crippen molar-refractivity contribution in [3.8, 4) is 11.5 Å². The van der Waals surface area contributed by atoms with Crippen LogP contribution in [-0.4, -0.2) is 68.6 Å². The van der Waals surface area contributed by atoms with Gasteiger partial charge in [-0.2, -0.15) is 0 Å². The van der Waals surface area contributed by atoms with Gasteiger partial charge in [0.05, 0.1) is 26.2 Å². The van der Waals surface area contributed by atoms with E-state index in [0.717, 1.165) is 17.7 Å². The van der Waals surface area contributed by atoms with Crippen LogP contribution in [0.3, 0.4) is 0 Å². The third-order valence-corrected chi connectivity index (χ3v) is 8.30. The van der Waals surface area contributed by atoms with Crippen molar-refractivity contribution in [2.24, 2.45) is 0 Å². The second kappa shape index (κ2) is 9.87. The lowest BCUT2D eigenvalue weighted by Crippen LogP contribution is -2.54. The summed E-state index contributed by atoms with van der Waals surface area (Å²) in [6.45, 7) is 3.17. The number of nitrogens with zero attached hydrogens (tertiary/aromatic N) is 3. The lowest BCUT2D eigenvalue weighted by atomic mass is 9.75. The van der Waals surface area contributed by atoms with Crippen molar-refractivity contribution < 1.29 is 19.1 Å². The average molecular weight is 532 g/mol. The Morgan fingerprint density at radius 3 is 2.34 bits per heavy atom. The van der Waals surface area contributed by atoms with Crippen LogP contribution < -0.4 is 14.4 Å². The van der Waals surface area contributed by atoms with E-state index >= 15 is 0 Å². The minimum atomic E-state index is -0.540. The average Bonchev–Trinajstić information content (AvgIpc) is 2.96. The van der Waals surface area contributed by atoms with Gasteiger partial charge >= 0.3 is 0 Å². The van der Waals surface area contributed by atoms with Crippen molar-refractivity contribution in [1.82, 2.24) is 9.80 Å². The Morgan fingerprint density at radius 1 is 0.868 bits per heavy atom. The van der Waals surface area contributed by atoms with Gasteiger partial charge in [-0.05, 0) is 53.4 Å². The Bertz CT molecular complexity index is 1400. The number of ether oxygens (including phenoxy) is 2. The first-order chi connectivity index (χ1) is 18.5. The topological polar surface area (TPSA) is 62.3 Å². The summed E-state index contributed by atoms with van der Waals surface area (Å²) in [7, 11) is 3.13. The molecule has 8 heteroatoms. The second-order valence-electron chi connectivity index (χ2n) is 9.96. The minimum Gasteiger partial charge on any atom is -0.493 e. The molecule has 0 bridgehead atoms. The molecule has 3 aromatic rings. The van der Waals surface area contributed by atoms with E-state index in [2.05, 4.69) is 17.0 Å². The largest absolute Gasteiger partial charge is 0.493 e. The molecule has 196 valence electrons. The van der Waals surface area contributed by atoms with E-state index in [1.807, 2.05) is 52.3 Å². The number of hydrogen-bond donors (Lipinski definition) is 0. The summed E-state index contributed by atoms with van der Waals surface area (Å²) in [6.07, 6.45) is 0.764. The molecule has 3 aliphatic heterocycles. The summed E-state index contributed by atoms with van der Waals surface area (Å²) in [6, 6.07) is 19.2. The van der Waals surface area contributed by atoms with Crippen LogP contribution in [0.25, 0.3) is 0 Å². The molecule has 3 heterocycles. The third kappa shape index (κ3) is 4.06. The molecule has 38 heavy (non-hydrogen) atoms. The van der Waals surface area contributed by atoms with Crippen LogP contribution in [0, 0.1) is 0 Å². The predicted octanol–water partition coefficient (Wildman–Crippen LogP) is 4.54. The number of fused-ring (bicyclic) bond motifs is 4. The van der Waals surface area contributed by atoms with Crippen molar-refractivity contribution in [2.75, 3.05) is 51.8 Å². The number of hydrogen-bond acceptors (Lipinski definition) is 5. The van der Waals surface area contributed by atoms with Crippen LogP contribution in [-0.2, 0) is 11.2 Å². The molecule has 2 amide bonds. The lowest BCUT2D eigenvalue weighted by molar-refractivity contribution is -0.135. The van der Waals surface area contributed by atoms with E-state index in [4.69, 9.17) is 21.1 Å². The monoisotopic (exact) mass is 531 g/mol. The fraction of sp³-hybridized carbons (Fsp3) is 0.333. The Balaban J connectivity index is 1.39. The molecule has 1 fully saturated rings. The lowest BCUT2D eigenvalue weighted by Gasteiger charge is -2.47. The molecular formula is C30H30ClN3O4. The zero-order valence-electron chi connectivity index (χ0n) is 21.5. The van der Waals surface area contributed by atoms with Gasteiger partial charge in [0.15, 0.2) is 11.5 Å². The summed E-state index contributed by atoms with van der Waals surface area (Å²) < 4.78 is 11.1. The number of anilines is 1. The van der Waals surface area contributed by atoms with Crippen LogP contribution in [0.2, 0.25) is 5.02 Å². The van der Waals surface area contributed by atoms with E-state index in [0.29, 0.717) is 60.4 Å². The van der Waals surface area contributed by atoms with Crippen molar-refractivity contribution in [2.45, 2.75) is 18.4 Å².